The first-order valence-corrected chi connectivity index (χ1v) is 5.77. The summed E-state index contributed by atoms with van der Waals surface area (Å²) >= 11 is 0. The fourth-order valence-electron chi connectivity index (χ4n) is 1.81. The van der Waals surface area contributed by atoms with E-state index in [9.17, 15) is 4.79 Å². The van der Waals surface area contributed by atoms with Crippen molar-refractivity contribution >= 4 is 22.8 Å². The fraction of sp³-hybridized carbons (Fsp3) is 0.308. The van der Waals surface area contributed by atoms with Gasteiger partial charge < -0.3 is 11.1 Å². The lowest BCUT2D eigenvalue weighted by Crippen LogP contribution is -2.22. The quantitative estimate of drug-likeness (QED) is 0.837. The van der Waals surface area contributed by atoms with Crippen LogP contribution in [-0.4, -0.2) is 22.4 Å². The molecule has 1 amide bonds. The standard InChI is InChI=1S/C13H16N4O/c1-7-8(2)10-4-5-11(16-12(18)6-14)17-13(10)15-9(7)3/h4-5H,6,14H2,1-3H3,(H,15,16,17,18). The minimum atomic E-state index is -0.262. The Labute approximate surface area is 105 Å². The van der Waals surface area contributed by atoms with Gasteiger partial charge in [-0.3, -0.25) is 4.79 Å². The summed E-state index contributed by atoms with van der Waals surface area (Å²) in [6.45, 7) is 5.99. The molecule has 0 aliphatic rings. The third kappa shape index (κ3) is 2.17. The zero-order valence-corrected chi connectivity index (χ0v) is 10.7. The number of nitrogens with zero attached hydrogens (tertiary/aromatic N) is 2. The Bertz CT molecular complexity index is 622. The summed E-state index contributed by atoms with van der Waals surface area (Å²) in [5.41, 5.74) is 9.18. The summed E-state index contributed by atoms with van der Waals surface area (Å²) in [5, 5.41) is 3.63. The Morgan fingerprint density at radius 3 is 2.61 bits per heavy atom. The van der Waals surface area contributed by atoms with Crippen molar-refractivity contribution in [2.24, 2.45) is 5.73 Å². The van der Waals surface area contributed by atoms with Gasteiger partial charge in [0.15, 0.2) is 5.65 Å². The summed E-state index contributed by atoms with van der Waals surface area (Å²) < 4.78 is 0. The van der Waals surface area contributed by atoms with E-state index in [1.165, 1.54) is 11.1 Å². The molecule has 2 aromatic rings. The topological polar surface area (TPSA) is 80.9 Å². The third-order valence-corrected chi connectivity index (χ3v) is 3.11. The van der Waals surface area contributed by atoms with Gasteiger partial charge in [-0.15, -0.1) is 0 Å². The van der Waals surface area contributed by atoms with E-state index in [4.69, 9.17) is 5.73 Å². The molecule has 3 N–H and O–H groups in total. The van der Waals surface area contributed by atoms with Crippen LogP contribution in [0, 0.1) is 20.8 Å². The first-order chi connectivity index (χ1) is 8.52. The van der Waals surface area contributed by atoms with E-state index in [2.05, 4.69) is 15.3 Å². The predicted octanol–water partition coefficient (Wildman–Crippen LogP) is 1.45. The molecular weight excluding hydrogens is 228 g/mol. The summed E-state index contributed by atoms with van der Waals surface area (Å²) in [6, 6.07) is 3.68. The van der Waals surface area contributed by atoms with Crippen LogP contribution in [0.4, 0.5) is 5.82 Å². The molecule has 18 heavy (non-hydrogen) atoms. The highest BCUT2D eigenvalue weighted by Crippen LogP contribution is 2.22. The van der Waals surface area contributed by atoms with Gasteiger partial charge in [-0.25, -0.2) is 9.97 Å². The van der Waals surface area contributed by atoms with Gasteiger partial charge >= 0.3 is 0 Å². The molecule has 0 fully saturated rings. The number of rotatable bonds is 2. The van der Waals surface area contributed by atoms with Gasteiger partial charge in [0.25, 0.3) is 0 Å². The van der Waals surface area contributed by atoms with Crippen molar-refractivity contribution in [2.45, 2.75) is 20.8 Å². The van der Waals surface area contributed by atoms with Crippen LogP contribution < -0.4 is 11.1 Å². The smallest absolute Gasteiger partial charge is 0.239 e. The zero-order valence-electron chi connectivity index (χ0n) is 10.7. The molecule has 0 radical (unpaired) electrons. The number of nitrogens with one attached hydrogen (secondary N) is 1. The van der Waals surface area contributed by atoms with E-state index < -0.39 is 0 Å². The van der Waals surface area contributed by atoms with Crippen molar-refractivity contribution in [2.75, 3.05) is 11.9 Å². The molecule has 0 aromatic carbocycles. The molecule has 0 bridgehead atoms. The van der Waals surface area contributed by atoms with E-state index in [0.717, 1.165) is 11.1 Å². The van der Waals surface area contributed by atoms with Gasteiger partial charge in [-0.1, -0.05) is 0 Å². The molecule has 0 unspecified atom stereocenters. The van der Waals surface area contributed by atoms with Crippen LogP contribution in [0.3, 0.4) is 0 Å². The maximum Gasteiger partial charge on any atom is 0.239 e. The second kappa shape index (κ2) is 4.70. The van der Waals surface area contributed by atoms with E-state index in [1.807, 2.05) is 26.8 Å². The number of hydrogen-bond donors (Lipinski definition) is 2. The molecule has 5 heteroatoms. The second-order valence-corrected chi connectivity index (χ2v) is 4.27. The maximum absolute atomic E-state index is 11.2. The Morgan fingerprint density at radius 2 is 1.94 bits per heavy atom. The summed E-state index contributed by atoms with van der Waals surface area (Å²) in [6.07, 6.45) is 0. The summed E-state index contributed by atoms with van der Waals surface area (Å²) in [5.74, 6) is 0.218. The Hall–Kier alpha value is -2.01. The van der Waals surface area contributed by atoms with E-state index >= 15 is 0 Å². The molecule has 94 valence electrons. The van der Waals surface area contributed by atoms with Gasteiger partial charge in [0, 0.05) is 11.1 Å². The summed E-state index contributed by atoms with van der Waals surface area (Å²) in [4.78, 5) is 20.0. The number of carbonyl (C=O) groups is 1. The molecule has 2 rings (SSSR count). The molecule has 5 nitrogen and oxygen atoms in total. The molecule has 0 aliphatic heterocycles. The van der Waals surface area contributed by atoms with E-state index in [-0.39, 0.29) is 12.5 Å². The fourth-order valence-corrected chi connectivity index (χ4v) is 1.81. The van der Waals surface area contributed by atoms with Crippen LogP contribution in [0.1, 0.15) is 16.8 Å². The number of amides is 1. The lowest BCUT2D eigenvalue weighted by Gasteiger charge is -2.09. The van der Waals surface area contributed by atoms with Crippen molar-refractivity contribution in [3.05, 3.63) is 29.0 Å². The van der Waals surface area contributed by atoms with E-state index in [0.29, 0.717) is 11.5 Å². The normalized spacial score (nSPS) is 10.7. The van der Waals surface area contributed by atoms with Crippen molar-refractivity contribution in [3.8, 4) is 0 Å². The molecule has 2 aromatic heterocycles. The van der Waals surface area contributed by atoms with E-state index in [1.54, 1.807) is 6.07 Å². The number of hydrogen-bond acceptors (Lipinski definition) is 4. The van der Waals surface area contributed by atoms with Gasteiger partial charge in [0.1, 0.15) is 5.82 Å². The highest BCUT2D eigenvalue weighted by molar-refractivity contribution is 5.92. The average molecular weight is 244 g/mol. The number of pyridine rings is 2. The van der Waals surface area contributed by atoms with Gasteiger partial charge in [-0.2, -0.15) is 0 Å². The number of aromatic nitrogens is 2. The highest BCUT2D eigenvalue weighted by atomic mass is 16.1. The number of aryl methyl sites for hydroxylation is 2. The number of carbonyl (C=O) groups excluding carboxylic acids is 1. The lowest BCUT2D eigenvalue weighted by molar-refractivity contribution is -0.114. The first-order valence-electron chi connectivity index (χ1n) is 5.77. The van der Waals surface area contributed by atoms with Crippen molar-refractivity contribution < 1.29 is 4.79 Å². The predicted molar refractivity (Wildman–Crippen MR) is 71.4 cm³/mol. The number of anilines is 1. The lowest BCUT2D eigenvalue weighted by atomic mass is 10.1. The Balaban J connectivity index is 2.52. The molecule has 0 spiro atoms. The highest BCUT2D eigenvalue weighted by Gasteiger charge is 2.08. The molecule has 0 aliphatic carbocycles. The van der Waals surface area contributed by atoms with Crippen LogP contribution in [0.25, 0.3) is 11.0 Å². The SMILES string of the molecule is Cc1nc2nc(NC(=O)CN)ccc2c(C)c1C. The first kappa shape index (κ1) is 12.4. The van der Waals surface area contributed by atoms with Gasteiger partial charge in [0.2, 0.25) is 5.91 Å². The molecule has 2 heterocycles. The maximum atomic E-state index is 11.2. The average Bonchev–Trinajstić information content (AvgIpc) is 2.35. The number of fused-ring (bicyclic) bond motifs is 1. The van der Waals surface area contributed by atoms with Crippen LogP contribution in [0.15, 0.2) is 12.1 Å². The zero-order chi connectivity index (χ0) is 13.3. The minimum absolute atomic E-state index is 0.0564. The molecule has 0 saturated carbocycles. The van der Waals surface area contributed by atoms with Crippen molar-refractivity contribution in [1.82, 2.24) is 9.97 Å². The number of nitrogens with two attached hydrogens (primary N) is 1. The monoisotopic (exact) mass is 244 g/mol. The van der Waals surface area contributed by atoms with Crippen LogP contribution >= 0.6 is 0 Å². The van der Waals surface area contributed by atoms with Crippen LogP contribution in [-0.2, 0) is 4.79 Å². The summed E-state index contributed by atoms with van der Waals surface area (Å²) in [7, 11) is 0. The largest absolute Gasteiger partial charge is 0.322 e. The molecule has 0 saturated heterocycles. The second-order valence-electron chi connectivity index (χ2n) is 4.27. The van der Waals surface area contributed by atoms with Crippen LogP contribution in [0.5, 0.6) is 0 Å². The third-order valence-electron chi connectivity index (χ3n) is 3.11. The minimum Gasteiger partial charge on any atom is -0.322 e. The van der Waals surface area contributed by atoms with Gasteiger partial charge in [0.05, 0.1) is 6.54 Å². The van der Waals surface area contributed by atoms with Crippen molar-refractivity contribution in [1.29, 1.82) is 0 Å². The van der Waals surface area contributed by atoms with Crippen LogP contribution in [0.2, 0.25) is 0 Å². The molecular formula is C13H16N4O. The molecule has 0 atom stereocenters. The Morgan fingerprint density at radius 1 is 1.22 bits per heavy atom. The van der Waals surface area contributed by atoms with Gasteiger partial charge in [-0.05, 0) is 44.0 Å². The Kier molecular flexibility index (Phi) is 3.25. The van der Waals surface area contributed by atoms with Crippen molar-refractivity contribution in [3.63, 3.8) is 0 Å².